The highest BCUT2D eigenvalue weighted by atomic mass is 127. The Hall–Kier alpha value is -1.13. The summed E-state index contributed by atoms with van der Waals surface area (Å²) in [6.07, 6.45) is 1.88. The van der Waals surface area contributed by atoms with Gasteiger partial charge in [0.1, 0.15) is 0 Å². The number of fused-ring (bicyclic) bond motifs is 1. The van der Waals surface area contributed by atoms with E-state index in [4.69, 9.17) is 17.3 Å². The van der Waals surface area contributed by atoms with Crippen molar-refractivity contribution in [1.29, 1.82) is 0 Å². The first-order valence-corrected chi connectivity index (χ1v) is 8.16. The number of nitrogens with zero attached hydrogens (tertiary/aromatic N) is 5. The molecule has 0 aliphatic heterocycles. The third-order valence-corrected chi connectivity index (χ3v) is 4.24. The number of thioether (sulfide) groups is 1. The lowest BCUT2D eigenvalue weighted by Crippen LogP contribution is -2.04. The van der Waals surface area contributed by atoms with Crippen LogP contribution in [0.25, 0.3) is 17.2 Å². The van der Waals surface area contributed by atoms with Crippen LogP contribution in [0.2, 0.25) is 5.02 Å². The molecular weight excluding hydrogens is 411 g/mol. The average Bonchev–Trinajstić information content (AvgIpc) is 2.82. The van der Waals surface area contributed by atoms with Crippen molar-refractivity contribution >= 4 is 57.7 Å². The van der Waals surface area contributed by atoms with Gasteiger partial charge >= 0.3 is 0 Å². The number of nitrogens with two attached hydrogens (primary N) is 1. The molecule has 6 nitrogen and oxygen atoms in total. The average molecular weight is 419 g/mol. The zero-order valence-electron chi connectivity index (χ0n) is 10.2. The maximum atomic E-state index is 5.95. The Morgan fingerprint density at radius 3 is 2.80 bits per heavy atom. The molecule has 0 aliphatic carbocycles. The lowest BCUT2D eigenvalue weighted by molar-refractivity contribution is 0.851. The van der Waals surface area contributed by atoms with Crippen molar-refractivity contribution in [3.8, 4) is 11.4 Å². The van der Waals surface area contributed by atoms with Crippen LogP contribution >= 0.6 is 46.0 Å². The first-order chi connectivity index (χ1) is 9.58. The quantitative estimate of drug-likeness (QED) is 0.509. The van der Waals surface area contributed by atoms with Crippen LogP contribution in [0.1, 0.15) is 0 Å². The fourth-order valence-electron chi connectivity index (χ4n) is 1.66. The summed E-state index contributed by atoms with van der Waals surface area (Å²) < 4.78 is 2.39. The molecule has 2 aromatic heterocycles. The van der Waals surface area contributed by atoms with E-state index in [9.17, 15) is 0 Å². The van der Waals surface area contributed by atoms with Gasteiger partial charge in [0, 0.05) is 14.2 Å². The molecule has 0 amide bonds. The number of rotatable bonds is 2. The van der Waals surface area contributed by atoms with Gasteiger partial charge in [-0.05, 0) is 47.0 Å². The first-order valence-electron chi connectivity index (χ1n) is 5.48. The highest BCUT2D eigenvalue weighted by Gasteiger charge is 2.14. The van der Waals surface area contributed by atoms with Crippen molar-refractivity contribution < 1.29 is 0 Å². The Morgan fingerprint density at radius 2 is 2.10 bits per heavy atom. The van der Waals surface area contributed by atoms with Crippen LogP contribution in [0.3, 0.4) is 0 Å². The topological polar surface area (TPSA) is 82.0 Å². The number of hydrogen-bond donors (Lipinski definition) is 1. The molecule has 3 aromatic rings. The van der Waals surface area contributed by atoms with Crippen LogP contribution in [0.4, 0.5) is 5.95 Å². The van der Waals surface area contributed by atoms with Gasteiger partial charge in [-0.2, -0.15) is 19.5 Å². The SMILES string of the molecule is CSc1nc(N)n2nc(-c3ccc(Cl)cc3I)nc2n1. The molecule has 0 fully saturated rings. The zero-order chi connectivity index (χ0) is 14.3. The zero-order valence-corrected chi connectivity index (χ0v) is 13.9. The summed E-state index contributed by atoms with van der Waals surface area (Å²) in [5.41, 5.74) is 6.74. The van der Waals surface area contributed by atoms with Crippen molar-refractivity contribution in [2.24, 2.45) is 0 Å². The molecule has 102 valence electrons. The minimum atomic E-state index is 0.266. The molecular formula is C11H8ClIN6S. The number of benzene rings is 1. The monoisotopic (exact) mass is 418 g/mol. The normalized spacial score (nSPS) is 11.2. The molecule has 0 radical (unpaired) electrons. The Kier molecular flexibility index (Phi) is 3.69. The minimum Gasteiger partial charge on any atom is -0.368 e. The molecule has 0 atom stereocenters. The molecule has 9 heteroatoms. The third kappa shape index (κ3) is 2.42. The van der Waals surface area contributed by atoms with E-state index in [0.717, 1.165) is 9.13 Å². The number of aromatic nitrogens is 5. The number of nitrogen functional groups attached to an aromatic ring is 1. The largest absolute Gasteiger partial charge is 0.368 e. The molecule has 3 rings (SSSR count). The van der Waals surface area contributed by atoms with E-state index in [1.165, 1.54) is 16.3 Å². The molecule has 0 saturated carbocycles. The van der Waals surface area contributed by atoms with E-state index in [1.54, 1.807) is 6.07 Å². The fourth-order valence-corrected chi connectivity index (χ4v) is 3.13. The van der Waals surface area contributed by atoms with Crippen molar-refractivity contribution in [2.75, 3.05) is 12.0 Å². The van der Waals surface area contributed by atoms with Gasteiger partial charge in [0.05, 0.1) is 0 Å². The summed E-state index contributed by atoms with van der Waals surface area (Å²) in [6, 6.07) is 5.52. The van der Waals surface area contributed by atoms with E-state index >= 15 is 0 Å². The third-order valence-electron chi connectivity index (χ3n) is 2.57. The van der Waals surface area contributed by atoms with Crippen LogP contribution in [0.5, 0.6) is 0 Å². The van der Waals surface area contributed by atoms with Crippen LogP contribution in [0, 0.1) is 3.57 Å². The molecule has 2 N–H and O–H groups in total. The van der Waals surface area contributed by atoms with Gasteiger partial charge in [0.15, 0.2) is 11.0 Å². The van der Waals surface area contributed by atoms with Crippen LogP contribution in [-0.4, -0.2) is 30.8 Å². The molecule has 20 heavy (non-hydrogen) atoms. The van der Waals surface area contributed by atoms with Crippen molar-refractivity contribution in [3.63, 3.8) is 0 Å². The summed E-state index contributed by atoms with van der Waals surface area (Å²) >= 11 is 9.55. The van der Waals surface area contributed by atoms with Crippen LogP contribution in [0.15, 0.2) is 23.4 Å². The van der Waals surface area contributed by atoms with Gasteiger partial charge in [-0.25, -0.2) is 0 Å². The number of anilines is 1. The van der Waals surface area contributed by atoms with E-state index in [0.29, 0.717) is 21.8 Å². The van der Waals surface area contributed by atoms with Crippen LogP contribution < -0.4 is 5.73 Å². The predicted octanol–water partition coefficient (Wildman–Crippen LogP) is 2.75. The standard InChI is InChI=1S/C11H8ClIN6S/c1-20-11-16-9(14)19-10(17-11)15-8(18-19)6-3-2-5(12)4-7(6)13/h2-4H,1H3,(H2,14,15,16,17,18). The molecule has 1 aromatic carbocycles. The van der Waals surface area contributed by atoms with Gasteiger partial charge < -0.3 is 5.73 Å². The fraction of sp³-hybridized carbons (Fsp3) is 0.0909. The molecule has 0 spiro atoms. The molecule has 0 aliphatic rings. The summed E-state index contributed by atoms with van der Waals surface area (Å²) in [7, 11) is 0. The van der Waals surface area contributed by atoms with E-state index in [2.05, 4.69) is 42.6 Å². The molecule has 0 saturated heterocycles. The lowest BCUT2D eigenvalue weighted by atomic mass is 10.2. The Labute approximate surface area is 137 Å². The van der Waals surface area contributed by atoms with Gasteiger partial charge in [-0.3, -0.25) is 0 Å². The minimum absolute atomic E-state index is 0.266. The molecule has 0 bridgehead atoms. The Bertz CT molecular complexity index is 805. The second-order valence-electron chi connectivity index (χ2n) is 3.84. The first kappa shape index (κ1) is 13.8. The van der Waals surface area contributed by atoms with E-state index in [1.807, 2.05) is 18.4 Å². The summed E-state index contributed by atoms with van der Waals surface area (Å²) in [5, 5.41) is 5.59. The highest BCUT2D eigenvalue weighted by Crippen LogP contribution is 2.26. The number of halogens is 2. The summed E-state index contributed by atoms with van der Waals surface area (Å²) in [4.78, 5) is 12.8. The van der Waals surface area contributed by atoms with Crippen molar-refractivity contribution in [1.82, 2.24) is 24.6 Å². The second kappa shape index (κ2) is 5.34. The lowest BCUT2D eigenvalue weighted by Gasteiger charge is -1.99. The maximum absolute atomic E-state index is 5.95. The van der Waals surface area contributed by atoms with Gasteiger partial charge in [-0.1, -0.05) is 23.4 Å². The van der Waals surface area contributed by atoms with E-state index in [-0.39, 0.29) is 5.95 Å². The second-order valence-corrected chi connectivity index (χ2v) is 6.21. The smallest absolute Gasteiger partial charge is 0.258 e. The maximum Gasteiger partial charge on any atom is 0.258 e. The van der Waals surface area contributed by atoms with Gasteiger partial charge in [0.2, 0.25) is 5.95 Å². The highest BCUT2D eigenvalue weighted by molar-refractivity contribution is 14.1. The number of hydrogen-bond acceptors (Lipinski definition) is 6. The molecule has 2 heterocycles. The Balaban J connectivity index is 2.20. The van der Waals surface area contributed by atoms with Crippen LogP contribution in [-0.2, 0) is 0 Å². The van der Waals surface area contributed by atoms with Crippen molar-refractivity contribution in [2.45, 2.75) is 5.16 Å². The van der Waals surface area contributed by atoms with Gasteiger partial charge in [-0.15, -0.1) is 5.10 Å². The van der Waals surface area contributed by atoms with Crippen molar-refractivity contribution in [3.05, 3.63) is 26.8 Å². The predicted molar refractivity (Wildman–Crippen MR) is 87.9 cm³/mol. The summed E-state index contributed by atoms with van der Waals surface area (Å²) in [5.74, 6) is 1.25. The Morgan fingerprint density at radius 1 is 1.30 bits per heavy atom. The van der Waals surface area contributed by atoms with Gasteiger partial charge in [0.25, 0.3) is 5.78 Å². The molecule has 0 unspecified atom stereocenters. The van der Waals surface area contributed by atoms with E-state index < -0.39 is 0 Å². The summed E-state index contributed by atoms with van der Waals surface area (Å²) in [6.45, 7) is 0.